The molecule has 0 aliphatic carbocycles. The van der Waals surface area contributed by atoms with Gasteiger partial charge in [0.15, 0.2) is 0 Å². The molecule has 0 saturated carbocycles. The second kappa shape index (κ2) is 8.23. The number of nitrogens with one attached hydrogen (secondary N) is 1. The van der Waals surface area contributed by atoms with Crippen LogP contribution in [0.25, 0.3) is 10.8 Å². The maximum Gasteiger partial charge on any atom is 0.295 e. The van der Waals surface area contributed by atoms with Gasteiger partial charge in [-0.05, 0) is 31.9 Å². The van der Waals surface area contributed by atoms with Gasteiger partial charge in [-0.25, -0.2) is 0 Å². The summed E-state index contributed by atoms with van der Waals surface area (Å²) in [6.45, 7) is 3.22. The zero-order valence-corrected chi connectivity index (χ0v) is 14.3. The van der Waals surface area contributed by atoms with E-state index in [4.69, 9.17) is 4.74 Å². The van der Waals surface area contributed by atoms with Crippen molar-refractivity contribution in [3.05, 3.63) is 36.4 Å². The first kappa shape index (κ1) is 18.4. The summed E-state index contributed by atoms with van der Waals surface area (Å²) < 4.78 is 37.5. The Hall–Kier alpha value is -1.96. The average molecular weight is 351 g/mol. The van der Waals surface area contributed by atoms with Crippen LogP contribution in [0.15, 0.2) is 41.3 Å². The van der Waals surface area contributed by atoms with Crippen molar-refractivity contribution in [1.82, 2.24) is 0 Å². The number of ether oxygens (including phenoxy) is 1. The maximum absolute atomic E-state index is 12.1. The Morgan fingerprint density at radius 3 is 2.50 bits per heavy atom. The standard InChI is InChI=1S/C17H21NO5S/c1-2-23-12-6-5-9-17(19)18-15-10-11-16(24(20,21)22)14-8-4-3-7-13(14)15/h3-4,7-8,10-11H,2,5-6,9,12H2,1H3,(H,18,19)(H,20,21,22). The number of carbonyl (C=O) groups is 1. The molecule has 0 saturated heterocycles. The summed E-state index contributed by atoms with van der Waals surface area (Å²) in [5, 5.41) is 3.73. The highest BCUT2D eigenvalue weighted by Crippen LogP contribution is 2.29. The molecule has 0 heterocycles. The number of unbranched alkanes of at least 4 members (excludes halogenated alkanes) is 1. The second-order valence-corrected chi connectivity index (χ2v) is 6.72. The SMILES string of the molecule is CCOCCCCC(=O)Nc1ccc(S(=O)(=O)O)c2ccccc12. The molecule has 1 amide bonds. The zero-order valence-electron chi connectivity index (χ0n) is 13.5. The molecule has 0 aromatic heterocycles. The molecule has 130 valence electrons. The van der Waals surface area contributed by atoms with Gasteiger partial charge in [0.2, 0.25) is 5.91 Å². The fourth-order valence-electron chi connectivity index (χ4n) is 2.45. The molecule has 2 N–H and O–H groups in total. The van der Waals surface area contributed by atoms with Gasteiger partial charge in [-0.2, -0.15) is 8.42 Å². The zero-order chi connectivity index (χ0) is 17.6. The smallest absolute Gasteiger partial charge is 0.295 e. The number of anilines is 1. The molecule has 0 aliphatic heterocycles. The van der Waals surface area contributed by atoms with Gasteiger partial charge < -0.3 is 10.1 Å². The van der Waals surface area contributed by atoms with Crippen LogP contribution in [-0.4, -0.2) is 32.1 Å². The first-order valence-electron chi connectivity index (χ1n) is 7.80. The summed E-state index contributed by atoms with van der Waals surface area (Å²) in [4.78, 5) is 11.9. The quantitative estimate of drug-likeness (QED) is 0.563. The number of benzene rings is 2. The molecule has 7 heteroatoms. The van der Waals surface area contributed by atoms with Crippen LogP contribution in [0.4, 0.5) is 5.69 Å². The van der Waals surface area contributed by atoms with E-state index in [1.54, 1.807) is 24.3 Å². The van der Waals surface area contributed by atoms with Crippen LogP contribution in [0.5, 0.6) is 0 Å². The number of fused-ring (bicyclic) bond motifs is 1. The summed E-state index contributed by atoms with van der Waals surface area (Å²) in [7, 11) is -4.32. The molecule has 2 aromatic carbocycles. The van der Waals surface area contributed by atoms with Crippen LogP contribution in [0.3, 0.4) is 0 Å². The fourth-order valence-corrected chi connectivity index (χ4v) is 3.15. The van der Waals surface area contributed by atoms with Gasteiger partial charge in [0, 0.05) is 36.1 Å². The van der Waals surface area contributed by atoms with Crippen LogP contribution < -0.4 is 5.32 Å². The van der Waals surface area contributed by atoms with E-state index in [-0.39, 0.29) is 10.8 Å². The van der Waals surface area contributed by atoms with Crippen molar-refractivity contribution >= 4 is 32.5 Å². The lowest BCUT2D eigenvalue weighted by atomic mass is 10.1. The van der Waals surface area contributed by atoms with Gasteiger partial charge in [0.25, 0.3) is 10.1 Å². The van der Waals surface area contributed by atoms with Gasteiger partial charge in [0.1, 0.15) is 4.90 Å². The molecule has 0 fully saturated rings. The van der Waals surface area contributed by atoms with Gasteiger partial charge in [-0.1, -0.05) is 24.3 Å². The average Bonchev–Trinajstić information content (AvgIpc) is 2.54. The monoisotopic (exact) mass is 351 g/mol. The van der Waals surface area contributed by atoms with E-state index in [1.807, 2.05) is 6.92 Å². The molecular formula is C17H21NO5S. The lowest BCUT2D eigenvalue weighted by Crippen LogP contribution is -2.12. The van der Waals surface area contributed by atoms with Crippen molar-refractivity contribution in [2.24, 2.45) is 0 Å². The molecule has 0 aliphatic rings. The highest BCUT2D eigenvalue weighted by atomic mass is 32.2. The van der Waals surface area contributed by atoms with E-state index in [1.165, 1.54) is 12.1 Å². The van der Waals surface area contributed by atoms with Crippen LogP contribution in [-0.2, 0) is 19.6 Å². The lowest BCUT2D eigenvalue weighted by molar-refractivity contribution is -0.116. The van der Waals surface area contributed by atoms with Crippen molar-refractivity contribution in [1.29, 1.82) is 0 Å². The van der Waals surface area contributed by atoms with Crippen molar-refractivity contribution in [3.8, 4) is 0 Å². The van der Waals surface area contributed by atoms with Gasteiger partial charge in [0.05, 0.1) is 0 Å². The van der Waals surface area contributed by atoms with Crippen molar-refractivity contribution in [2.45, 2.75) is 31.1 Å². The van der Waals surface area contributed by atoms with Crippen LogP contribution in [0.2, 0.25) is 0 Å². The Bertz CT molecular complexity index is 817. The maximum atomic E-state index is 12.1. The number of rotatable bonds is 8. The van der Waals surface area contributed by atoms with Crippen molar-refractivity contribution < 1.29 is 22.5 Å². The molecule has 2 rings (SSSR count). The van der Waals surface area contributed by atoms with Gasteiger partial charge in [-0.3, -0.25) is 9.35 Å². The Morgan fingerprint density at radius 1 is 1.12 bits per heavy atom. The first-order chi connectivity index (χ1) is 11.4. The minimum absolute atomic E-state index is 0.142. The molecule has 0 bridgehead atoms. The Balaban J connectivity index is 2.14. The molecule has 24 heavy (non-hydrogen) atoms. The molecule has 0 radical (unpaired) electrons. The molecule has 6 nitrogen and oxygen atoms in total. The van der Waals surface area contributed by atoms with E-state index < -0.39 is 10.1 Å². The normalized spacial score (nSPS) is 11.6. The van der Waals surface area contributed by atoms with Crippen LogP contribution in [0, 0.1) is 0 Å². The summed E-state index contributed by atoms with van der Waals surface area (Å²) in [5.41, 5.74) is 0.521. The van der Waals surface area contributed by atoms with Crippen molar-refractivity contribution in [3.63, 3.8) is 0 Å². The predicted octanol–water partition coefficient (Wildman–Crippen LogP) is 3.23. The third-order valence-corrected chi connectivity index (χ3v) is 4.49. The summed E-state index contributed by atoms with van der Waals surface area (Å²) in [6.07, 6.45) is 1.89. The molecule has 0 atom stereocenters. The van der Waals surface area contributed by atoms with Crippen molar-refractivity contribution in [2.75, 3.05) is 18.5 Å². The Morgan fingerprint density at radius 2 is 1.83 bits per heavy atom. The third-order valence-electron chi connectivity index (χ3n) is 3.58. The Labute approximate surface area is 141 Å². The van der Waals surface area contributed by atoms with Gasteiger partial charge >= 0.3 is 0 Å². The fraction of sp³-hybridized carbons (Fsp3) is 0.353. The minimum atomic E-state index is -4.32. The number of carbonyl (C=O) groups excluding carboxylic acids is 1. The number of hydrogen-bond acceptors (Lipinski definition) is 4. The molecule has 2 aromatic rings. The highest BCUT2D eigenvalue weighted by Gasteiger charge is 2.16. The first-order valence-corrected chi connectivity index (χ1v) is 9.24. The Kier molecular flexibility index (Phi) is 6.30. The minimum Gasteiger partial charge on any atom is -0.382 e. The topological polar surface area (TPSA) is 92.7 Å². The lowest BCUT2D eigenvalue weighted by Gasteiger charge is -2.11. The van der Waals surface area contributed by atoms with E-state index in [0.29, 0.717) is 42.5 Å². The molecule has 0 unspecified atom stereocenters. The summed E-state index contributed by atoms with van der Waals surface area (Å²) >= 11 is 0. The summed E-state index contributed by atoms with van der Waals surface area (Å²) in [5.74, 6) is -0.142. The number of amides is 1. The molecular weight excluding hydrogens is 330 g/mol. The molecule has 0 spiro atoms. The van der Waals surface area contributed by atoms with Gasteiger partial charge in [-0.15, -0.1) is 0 Å². The van der Waals surface area contributed by atoms with E-state index in [9.17, 15) is 17.8 Å². The summed E-state index contributed by atoms with van der Waals surface area (Å²) in [6, 6.07) is 9.50. The largest absolute Gasteiger partial charge is 0.382 e. The third kappa shape index (κ3) is 4.77. The van der Waals surface area contributed by atoms with Crippen LogP contribution >= 0.6 is 0 Å². The van der Waals surface area contributed by atoms with E-state index in [0.717, 1.165) is 6.42 Å². The van der Waals surface area contributed by atoms with E-state index >= 15 is 0 Å². The van der Waals surface area contributed by atoms with Crippen LogP contribution in [0.1, 0.15) is 26.2 Å². The highest BCUT2D eigenvalue weighted by molar-refractivity contribution is 7.86. The number of hydrogen-bond donors (Lipinski definition) is 2. The van der Waals surface area contributed by atoms with E-state index in [2.05, 4.69) is 5.32 Å². The predicted molar refractivity (Wildman–Crippen MR) is 92.7 cm³/mol. The second-order valence-electron chi connectivity index (χ2n) is 5.33.